The Morgan fingerprint density at radius 1 is 1.17 bits per heavy atom. The van der Waals surface area contributed by atoms with Crippen molar-refractivity contribution >= 4 is 5.97 Å². The number of carbonyl (C=O) groups excluding carboxylic acids is 1. The van der Waals surface area contributed by atoms with Crippen LogP contribution in [0.1, 0.15) is 59.3 Å². The van der Waals surface area contributed by atoms with Crippen LogP contribution in [0, 0.1) is 29.1 Å². The molecule has 0 radical (unpaired) electrons. The SMILES string of the molecule is CCC(C)(C)C(=O)OC1CC2CC1[C@H]1CCC[C@@H]21. The Morgan fingerprint density at radius 2 is 1.89 bits per heavy atom. The van der Waals surface area contributed by atoms with Gasteiger partial charge in [0.1, 0.15) is 6.10 Å². The van der Waals surface area contributed by atoms with E-state index < -0.39 is 0 Å². The molecule has 102 valence electrons. The molecule has 0 aromatic carbocycles. The number of rotatable bonds is 3. The summed E-state index contributed by atoms with van der Waals surface area (Å²) >= 11 is 0. The van der Waals surface area contributed by atoms with E-state index in [4.69, 9.17) is 4.74 Å². The summed E-state index contributed by atoms with van der Waals surface area (Å²) < 4.78 is 5.87. The fourth-order valence-corrected chi connectivity index (χ4v) is 4.58. The van der Waals surface area contributed by atoms with E-state index in [0.29, 0.717) is 5.92 Å². The lowest BCUT2D eigenvalue weighted by molar-refractivity contribution is -0.163. The first kappa shape index (κ1) is 12.5. The molecule has 3 saturated carbocycles. The molecule has 0 saturated heterocycles. The van der Waals surface area contributed by atoms with E-state index in [-0.39, 0.29) is 17.5 Å². The fourth-order valence-electron chi connectivity index (χ4n) is 4.58. The highest BCUT2D eigenvalue weighted by atomic mass is 16.5. The minimum absolute atomic E-state index is 0.0251. The molecule has 2 bridgehead atoms. The van der Waals surface area contributed by atoms with Crippen LogP contribution in [0.3, 0.4) is 0 Å². The second-order valence-electron chi connectivity index (χ2n) is 7.34. The molecule has 5 atom stereocenters. The van der Waals surface area contributed by atoms with E-state index in [0.717, 1.165) is 30.6 Å². The van der Waals surface area contributed by atoms with Crippen LogP contribution in [-0.4, -0.2) is 12.1 Å². The molecule has 18 heavy (non-hydrogen) atoms. The molecule has 3 aliphatic carbocycles. The number of fused-ring (bicyclic) bond motifs is 5. The van der Waals surface area contributed by atoms with Gasteiger partial charge in [0, 0.05) is 0 Å². The predicted molar refractivity (Wildman–Crippen MR) is 71.0 cm³/mol. The van der Waals surface area contributed by atoms with Gasteiger partial charge in [-0.25, -0.2) is 0 Å². The van der Waals surface area contributed by atoms with Gasteiger partial charge < -0.3 is 4.74 Å². The Hall–Kier alpha value is -0.530. The molecule has 0 amide bonds. The second kappa shape index (κ2) is 4.25. The minimum Gasteiger partial charge on any atom is -0.462 e. The molecule has 0 N–H and O–H groups in total. The summed E-state index contributed by atoms with van der Waals surface area (Å²) in [6.07, 6.45) is 7.82. The van der Waals surface area contributed by atoms with Crippen molar-refractivity contribution in [2.24, 2.45) is 29.1 Å². The standard InChI is InChI=1S/C16H26O2/c1-4-16(2,3)15(17)18-14-9-10-8-13(14)12-7-5-6-11(10)12/h10-14H,4-9H2,1-3H3/t10?,11-,12-,13?,14?/m0/s1. The van der Waals surface area contributed by atoms with Gasteiger partial charge >= 0.3 is 5.97 Å². The molecule has 3 unspecified atom stereocenters. The van der Waals surface area contributed by atoms with Crippen LogP contribution in [0.25, 0.3) is 0 Å². The smallest absolute Gasteiger partial charge is 0.311 e. The molecule has 0 aromatic heterocycles. The summed E-state index contributed by atoms with van der Waals surface area (Å²) in [5.41, 5.74) is -0.309. The lowest BCUT2D eigenvalue weighted by atomic mass is 9.80. The van der Waals surface area contributed by atoms with Crippen molar-refractivity contribution in [3.8, 4) is 0 Å². The topological polar surface area (TPSA) is 26.3 Å². The summed E-state index contributed by atoms with van der Waals surface area (Å²) in [7, 11) is 0. The third-order valence-corrected chi connectivity index (χ3v) is 6.06. The minimum atomic E-state index is -0.309. The highest BCUT2D eigenvalue weighted by Gasteiger charge is 2.55. The van der Waals surface area contributed by atoms with Crippen molar-refractivity contribution in [1.82, 2.24) is 0 Å². The fraction of sp³-hybridized carbons (Fsp3) is 0.938. The average Bonchev–Trinajstić information content (AvgIpc) is 2.99. The maximum absolute atomic E-state index is 12.2. The maximum atomic E-state index is 12.2. The lowest BCUT2D eigenvalue weighted by Crippen LogP contribution is -2.36. The largest absolute Gasteiger partial charge is 0.462 e. The molecule has 0 aliphatic heterocycles. The van der Waals surface area contributed by atoms with Crippen molar-refractivity contribution in [3.05, 3.63) is 0 Å². The molecule has 0 heterocycles. The zero-order valence-electron chi connectivity index (χ0n) is 11.9. The van der Waals surface area contributed by atoms with Crippen LogP contribution < -0.4 is 0 Å². The van der Waals surface area contributed by atoms with Gasteiger partial charge in [0.2, 0.25) is 0 Å². The van der Waals surface area contributed by atoms with Gasteiger partial charge in [0.15, 0.2) is 0 Å². The van der Waals surface area contributed by atoms with Gasteiger partial charge in [0.05, 0.1) is 5.41 Å². The molecule has 3 aliphatic rings. The summed E-state index contributed by atoms with van der Waals surface area (Å²) in [5.74, 6) is 3.44. The maximum Gasteiger partial charge on any atom is 0.311 e. The first-order valence-corrected chi connectivity index (χ1v) is 7.74. The number of carbonyl (C=O) groups is 1. The third-order valence-electron chi connectivity index (χ3n) is 6.06. The normalized spacial score (nSPS) is 42.1. The van der Waals surface area contributed by atoms with Crippen LogP contribution >= 0.6 is 0 Å². The highest BCUT2D eigenvalue weighted by Crippen LogP contribution is 2.59. The van der Waals surface area contributed by atoms with Crippen LogP contribution in [0.4, 0.5) is 0 Å². The number of hydrogen-bond donors (Lipinski definition) is 0. The van der Waals surface area contributed by atoms with Gasteiger partial charge in [-0.15, -0.1) is 0 Å². The van der Waals surface area contributed by atoms with E-state index in [2.05, 4.69) is 6.92 Å². The summed E-state index contributed by atoms with van der Waals surface area (Å²) in [6, 6.07) is 0. The quantitative estimate of drug-likeness (QED) is 0.712. The van der Waals surface area contributed by atoms with Crippen molar-refractivity contribution < 1.29 is 9.53 Å². The van der Waals surface area contributed by atoms with Crippen LogP contribution in [0.2, 0.25) is 0 Å². The average molecular weight is 250 g/mol. The van der Waals surface area contributed by atoms with Gasteiger partial charge in [0.25, 0.3) is 0 Å². The molecule has 3 rings (SSSR count). The Bertz CT molecular complexity index is 347. The Kier molecular flexibility index (Phi) is 2.95. The zero-order chi connectivity index (χ0) is 12.9. The zero-order valence-corrected chi connectivity index (χ0v) is 11.9. The molecule has 0 aromatic rings. The third kappa shape index (κ3) is 1.80. The Labute approximate surface area is 110 Å². The second-order valence-corrected chi connectivity index (χ2v) is 7.34. The van der Waals surface area contributed by atoms with E-state index in [1.54, 1.807) is 0 Å². The monoisotopic (exact) mass is 250 g/mol. The van der Waals surface area contributed by atoms with Gasteiger partial charge in [-0.3, -0.25) is 4.79 Å². The number of ether oxygens (including phenoxy) is 1. The number of hydrogen-bond acceptors (Lipinski definition) is 2. The molecule has 3 fully saturated rings. The Morgan fingerprint density at radius 3 is 2.61 bits per heavy atom. The van der Waals surface area contributed by atoms with E-state index >= 15 is 0 Å². The van der Waals surface area contributed by atoms with E-state index in [1.165, 1.54) is 25.7 Å². The van der Waals surface area contributed by atoms with Crippen LogP contribution in [0.5, 0.6) is 0 Å². The Balaban J connectivity index is 1.65. The molecule has 0 spiro atoms. The van der Waals surface area contributed by atoms with Crippen molar-refractivity contribution in [3.63, 3.8) is 0 Å². The summed E-state index contributed by atoms with van der Waals surface area (Å²) in [4.78, 5) is 12.2. The van der Waals surface area contributed by atoms with Crippen LogP contribution in [0.15, 0.2) is 0 Å². The first-order valence-electron chi connectivity index (χ1n) is 7.74. The molecular weight excluding hydrogens is 224 g/mol. The molecular formula is C16H26O2. The van der Waals surface area contributed by atoms with Crippen molar-refractivity contribution in [2.45, 2.75) is 65.4 Å². The van der Waals surface area contributed by atoms with Crippen molar-refractivity contribution in [2.75, 3.05) is 0 Å². The summed E-state index contributed by atoms with van der Waals surface area (Å²) in [5, 5.41) is 0. The van der Waals surface area contributed by atoms with Gasteiger partial charge in [-0.2, -0.15) is 0 Å². The van der Waals surface area contributed by atoms with E-state index in [1.807, 2.05) is 13.8 Å². The lowest BCUT2D eigenvalue weighted by Gasteiger charge is -2.33. The number of esters is 1. The predicted octanol–water partition coefficient (Wildman–Crippen LogP) is 3.79. The van der Waals surface area contributed by atoms with Crippen molar-refractivity contribution in [1.29, 1.82) is 0 Å². The van der Waals surface area contributed by atoms with E-state index in [9.17, 15) is 4.79 Å². The van der Waals surface area contributed by atoms with Gasteiger partial charge in [-0.1, -0.05) is 13.3 Å². The molecule has 2 heteroatoms. The summed E-state index contributed by atoms with van der Waals surface area (Å²) in [6.45, 7) is 6.07. The molecule has 2 nitrogen and oxygen atoms in total. The highest BCUT2D eigenvalue weighted by molar-refractivity contribution is 5.76. The first-order chi connectivity index (χ1) is 8.53. The van der Waals surface area contributed by atoms with Crippen LogP contribution in [-0.2, 0) is 9.53 Å². The van der Waals surface area contributed by atoms with Gasteiger partial charge in [-0.05, 0) is 69.6 Å².